The summed E-state index contributed by atoms with van der Waals surface area (Å²) in [7, 11) is 1.63. The van der Waals surface area contributed by atoms with Crippen LogP contribution in [-0.2, 0) is 16.1 Å². The van der Waals surface area contributed by atoms with Crippen LogP contribution < -0.4 is 5.32 Å². The second-order valence-electron chi connectivity index (χ2n) is 9.08. The number of hydrogen-bond acceptors (Lipinski definition) is 3. The predicted octanol–water partition coefficient (Wildman–Crippen LogP) is 4.89. The first kappa shape index (κ1) is 25.0. The van der Waals surface area contributed by atoms with Crippen LogP contribution in [0.1, 0.15) is 44.8 Å². The van der Waals surface area contributed by atoms with E-state index in [0.717, 1.165) is 39.3 Å². The molecule has 34 heavy (non-hydrogen) atoms. The van der Waals surface area contributed by atoms with Gasteiger partial charge in [-0.25, -0.2) is 0 Å². The molecule has 0 aliphatic heterocycles. The number of carbonyl (C=O) groups is 2. The standard InChI is InChI=1S/C28H34N4O2/c1-18-8-10-24(11-9-18)16-32-23(6)25(22(5)30-32)12-13-27(34)31(7)17-26(33)29-28-20(3)14-19(2)15-21(28)4/h8-15H,16-17H2,1-7H3,(H,29,33)/b13-12+. The highest BCUT2D eigenvalue weighted by atomic mass is 16.2. The lowest BCUT2D eigenvalue weighted by atomic mass is 10.1. The molecule has 6 nitrogen and oxygen atoms in total. The van der Waals surface area contributed by atoms with Gasteiger partial charge in [0.15, 0.2) is 0 Å². The number of hydrogen-bond donors (Lipinski definition) is 1. The van der Waals surface area contributed by atoms with Gasteiger partial charge in [0, 0.05) is 30.1 Å². The highest BCUT2D eigenvalue weighted by Crippen LogP contribution is 2.22. The van der Waals surface area contributed by atoms with Crippen molar-refractivity contribution in [1.82, 2.24) is 14.7 Å². The molecule has 0 atom stereocenters. The first-order valence-corrected chi connectivity index (χ1v) is 11.5. The molecule has 1 heterocycles. The molecule has 0 fully saturated rings. The number of rotatable bonds is 7. The van der Waals surface area contributed by atoms with Crippen molar-refractivity contribution >= 4 is 23.6 Å². The molecule has 3 aromatic rings. The molecule has 0 saturated carbocycles. The molecule has 3 rings (SSSR count). The summed E-state index contributed by atoms with van der Waals surface area (Å²) in [5, 5.41) is 7.59. The van der Waals surface area contributed by atoms with Gasteiger partial charge in [0.05, 0.1) is 18.8 Å². The quantitative estimate of drug-likeness (QED) is 0.513. The molecule has 2 amide bonds. The van der Waals surface area contributed by atoms with Crippen molar-refractivity contribution in [1.29, 1.82) is 0 Å². The van der Waals surface area contributed by atoms with Crippen LogP contribution in [0.15, 0.2) is 42.5 Å². The number of likely N-dealkylation sites (N-methyl/N-ethyl adjacent to an activating group) is 1. The number of nitrogens with one attached hydrogen (secondary N) is 1. The van der Waals surface area contributed by atoms with Crippen LogP contribution >= 0.6 is 0 Å². The van der Waals surface area contributed by atoms with E-state index in [4.69, 9.17) is 0 Å². The minimum Gasteiger partial charge on any atom is -0.333 e. The van der Waals surface area contributed by atoms with Crippen LogP contribution in [0, 0.1) is 41.5 Å². The average Bonchev–Trinajstić information content (AvgIpc) is 3.02. The van der Waals surface area contributed by atoms with E-state index in [1.807, 2.05) is 51.4 Å². The maximum atomic E-state index is 12.7. The van der Waals surface area contributed by atoms with E-state index < -0.39 is 0 Å². The van der Waals surface area contributed by atoms with Crippen molar-refractivity contribution in [2.45, 2.75) is 48.1 Å². The molecule has 0 bridgehead atoms. The smallest absolute Gasteiger partial charge is 0.246 e. The third-order valence-electron chi connectivity index (χ3n) is 5.98. The number of aromatic nitrogens is 2. The van der Waals surface area contributed by atoms with Gasteiger partial charge in [0.1, 0.15) is 0 Å². The first-order valence-electron chi connectivity index (χ1n) is 11.5. The maximum absolute atomic E-state index is 12.7. The van der Waals surface area contributed by atoms with Crippen LogP contribution in [0.4, 0.5) is 5.69 Å². The summed E-state index contributed by atoms with van der Waals surface area (Å²) in [6.07, 6.45) is 3.29. The van der Waals surface area contributed by atoms with E-state index in [0.29, 0.717) is 6.54 Å². The molecule has 178 valence electrons. The van der Waals surface area contributed by atoms with Crippen molar-refractivity contribution in [3.8, 4) is 0 Å². The van der Waals surface area contributed by atoms with Gasteiger partial charge in [-0.15, -0.1) is 0 Å². The topological polar surface area (TPSA) is 67.2 Å². The van der Waals surface area contributed by atoms with Crippen molar-refractivity contribution in [3.05, 3.63) is 87.2 Å². The second kappa shape index (κ2) is 10.5. The Balaban J connectivity index is 1.64. The molecule has 2 aromatic carbocycles. The van der Waals surface area contributed by atoms with Gasteiger partial charge in [-0.1, -0.05) is 47.5 Å². The van der Waals surface area contributed by atoms with E-state index >= 15 is 0 Å². The van der Waals surface area contributed by atoms with Crippen LogP contribution in [0.5, 0.6) is 0 Å². The summed E-state index contributed by atoms with van der Waals surface area (Å²) in [6.45, 7) is 12.6. The third kappa shape index (κ3) is 6.01. The summed E-state index contributed by atoms with van der Waals surface area (Å²) in [4.78, 5) is 26.6. The van der Waals surface area contributed by atoms with Gasteiger partial charge >= 0.3 is 0 Å². The number of amides is 2. The minimum atomic E-state index is -0.238. The lowest BCUT2D eigenvalue weighted by Crippen LogP contribution is -2.34. The predicted molar refractivity (Wildman–Crippen MR) is 138 cm³/mol. The molecule has 0 spiro atoms. The lowest BCUT2D eigenvalue weighted by molar-refractivity contribution is -0.129. The second-order valence-corrected chi connectivity index (χ2v) is 9.08. The maximum Gasteiger partial charge on any atom is 0.246 e. The van der Waals surface area contributed by atoms with Crippen molar-refractivity contribution < 1.29 is 9.59 Å². The highest BCUT2D eigenvalue weighted by molar-refractivity contribution is 5.98. The van der Waals surface area contributed by atoms with Gasteiger partial charge in [0.2, 0.25) is 11.8 Å². The molecule has 0 unspecified atom stereocenters. The zero-order valence-electron chi connectivity index (χ0n) is 21.2. The number of benzene rings is 2. The first-order chi connectivity index (χ1) is 16.0. The molecule has 0 saturated heterocycles. The Hall–Kier alpha value is -3.67. The Morgan fingerprint density at radius 2 is 1.59 bits per heavy atom. The van der Waals surface area contributed by atoms with Crippen molar-refractivity contribution in [2.24, 2.45) is 0 Å². The number of aryl methyl sites for hydroxylation is 5. The fraction of sp³-hybridized carbons (Fsp3) is 0.321. The van der Waals surface area contributed by atoms with E-state index in [-0.39, 0.29) is 18.4 Å². The largest absolute Gasteiger partial charge is 0.333 e. The molecule has 0 aliphatic rings. The highest BCUT2D eigenvalue weighted by Gasteiger charge is 2.14. The van der Waals surface area contributed by atoms with Crippen LogP contribution in [0.25, 0.3) is 6.08 Å². The lowest BCUT2D eigenvalue weighted by Gasteiger charge is -2.17. The molecule has 1 N–H and O–H groups in total. The van der Waals surface area contributed by atoms with Crippen molar-refractivity contribution in [3.63, 3.8) is 0 Å². The zero-order valence-corrected chi connectivity index (χ0v) is 21.2. The summed E-state index contributed by atoms with van der Waals surface area (Å²) < 4.78 is 1.95. The minimum absolute atomic E-state index is 0.0272. The molecule has 0 aliphatic carbocycles. The Morgan fingerprint density at radius 1 is 0.971 bits per heavy atom. The summed E-state index contributed by atoms with van der Waals surface area (Å²) in [5.74, 6) is -0.463. The molecule has 0 radical (unpaired) electrons. The number of nitrogens with zero attached hydrogens (tertiary/aromatic N) is 3. The molecule has 1 aromatic heterocycles. The molecular weight excluding hydrogens is 424 g/mol. The molecule has 6 heteroatoms. The average molecular weight is 459 g/mol. The SMILES string of the molecule is Cc1ccc(Cn2nc(C)c(/C=C/C(=O)N(C)CC(=O)Nc3c(C)cc(C)cc3C)c2C)cc1. The fourth-order valence-corrected chi connectivity index (χ4v) is 4.10. The Kier molecular flexibility index (Phi) is 7.72. The fourth-order valence-electron chi connectivity index (χ4n) is 4.10. The Morgan fingerprint density at radius 3 is 2.21 bits per heavy atom. The zero-order chi connectivity index (χ0) is 25.0. The monoisotopic (exact) mass is 458 g/mol. The Bertz CT molecular complexity index is 1210. The van der Waals surface area contributed by atoms with E-state index in [2.05, 4.69) is 41.6 Å². The van der Waals surface area contributed by atoms with Gasteiger partial charge in [-0.2, -0.15) is 5.10 Å². The summed E-state index contributed by atoms with van der Waals surface area (Å²) in [6, 6.07) is 12.4. The van der Waals surface area contributed by atoms with Crippen LogP contribution in [0.3, 0.4) is 0 Å². The normalized spacial score (nSPS) is 11.1. The third-order valence-corrected chi connectivity index (χ3v) is 5.98. The summed E-state index contributed by atoms with van der Waals surface area (Å²) >= 11 is 0. The van der Waals surface area contributed by atoms with E-state index in [9.17, 15) is 9.59 Å². The number of carbonyl (C=O) groups excluding carboxylic acids is 2. The van der Waals surface area contributed by atoms with Gasteiger partial charge in [-0.3, -0.25) is 14.3 Å². The van der Waals surface area contributed by atoms with Gasteiger partial charge < -0.3 is 10.2 Å². The molecular formula is C28H34N4O2. The van der Waals surface area contributed by atoms with Gasteiger partial charge in [0.25, 0.3) is 0 Å². The van der Waals surface area contributed by atoms with Crippen LogP contribution in [-0.4, -0.2) is 40.1 Å². The van der Waals surface area contributed by atoms with E-state index in [1.165, 1.54) is 22.1 Å². The summed E-state index contributed by atoms with van der Waals surface area (Å²) in [5.41, 5.74) is 9.14. The van der Waals surface area contributed by atoms with E-state index in [1.54, 1.807) is 13.1 Å². The number of anilines is 1. The van der Waals surface area contributed by atoms with Gasteiger partial charge in [-0.05, 0) is 64.3 Å². The van der Waals surface area contributed by atoms with Crippen LogP contribution in [0.2, 0.25) is 0 Å². The Labute approximate surface area is 202 Å². The van der Waals surface area contributed by atoms with Crippen molar-refractivity contribution in [2.75, 3.05) is 18.9 Å².